The molecule has 0 aromatic rings. The van der Waals surface area contributed by atoms with Crippen LogP contribution in [-0.4, -0.2) is 13.1 Å². The molecule has 0 aromatic heterocycles. The van der Waals surface area contributed by atoms with Gasteiger partial charge in [0.05, 0.1) is 0 Å². The quantitative estimate of drug-likeness (QED) is 0.731. The lowest BCUT2D eigenvalue weighted by Crippen LogP contribution is -2.47. The van der Waals surface area contributed by atoms with Crippen LogP contribution in [0, 0.1) is 35.5 Å². The smallest absolute Gasteiger partial charge is 0.00462 e. The van der Waals surface area contributed by atoms with Gasteiger partial charge < -0.3 is 5.32 Å². The lowest BCUT2D eigenvalue weighted by atomic mass is 9.49. The van der Waals surface area contributed by atoms with E-state index in [2.05, 4.69) is 5.32 Å². The van der Waals surface area contributed by atoms with Gasteiger partial charge in [0.15, 0.2) is 0 Å². The first-order valence-electron chi connectivity index (χ1n) is 8.11. The molecule has 1 unspecified atom stereocenters. The number of hydrogen-bond acceptors (Lipinski definition) is 1. The van der Waals surface area contributed by atoms with Crippen LogP contribution in [0.2, 0.25) is 0 Å². The highest BCUT2D eigenvalue weighted by molar-refractivity contribution is 5.00. The van der Waals surface area contributed by atoms with Crippen molar-refractivity contribution in [3.63, 3.8) is 0 Å². The Hall–Kier alpha value is -0.0400. The molecule has 1 heterocycles. The zero-order valence-corrected chi connectivity index (χ0v) is 11.0. The van der Waals surface area contributed by atoms with Crippen LogP contribution in [-0.2, 0) is 0 Å². The summed E-state index contributed by atoms with van der Waals surface area (Å²) in [5, 5.41) is 3.60. The highest BCUT2D eigenvalue weighted by Gasteiger charge is 2.50. The highest BCUT2D eigenvalue weighted by Crippen LogP contribution is 2.59. The van der Waals surface area contributed by atoms with Crippen molar-refractivity contribution in [2.75, 3.05) is 13.1 Å². The van der Waals surface area contributed by atoms with E-state index in [-0.39, 0.29) is 0 Å². The van der Waals surface area contributed by atoms with Crippen LogP contribution in [0.25, 0.3) is 0 Å². The average Bonchev–Trinajstić information content (AvgIpc) is 2.56. The summed E-state index contributed by atoms with van der Waals surface area (Å²) in [7, 11) is 0. The van der Waals surface area contributed by atoms with Crippen molar-refractivity contribution >= 4 is 0 Å². The molecule has 96 valence electrons. The van der Waals surface area contributed by atoms with Gasteiger partial charge in [-0.3, -0.25) is 0 Å². The summed E-state index contributed by atoms with van der Waals surface area (Å²) in [4.78, 5) is 0. The number of nitrogens with one attached hydrogen (secondary N) is 1. The Morgan fingerprint density at radius 2 is 1.35 bits per heavy atom. The first kappa shape index (κ1) is 10.8. The topological polar surface area (TPSA) is 12.0 Å². The zero-order valence-electron chi connectivity index (χ0n) is 11.0. The average molecular weight is 233 g/mol. The van der Waals surface area contributed by atoms with Crippen molar-refractivity contribution in [2.24, 2.45) is 35.5 Å². The second kappa shape index (κ2) is 4.26. The fraction of sp³-hybridized carbons (Fsp3) is 1.00. The van der Waals surface area contributed by atoms with Crippen LogP contribution in [0.3, 0.4) is 0 Å². The first-order valence-corrected chi connectivity index (χ1v) is 8.11. The zero-order chi connectivity index (χ0) is 11.2. The van der Waals surface area contributed by atoms with E-state index >= 15 is 0 Å². The van der Waals surface area contributed by atoms with Gasteiger partial charge in [-0.25, -0.2) is 0 Å². The summed E-state index contributed by atoms with van der Waals surface area (Å²) < 4.78 is 0. The molecule has 1 atom stereocenters. The van der Waals surface area contributed by atoms with Gasteiger partial charge in [-0.2, -0.15) is 0 Å². The van der Waals surface area contributed by atoms with Crippen molar-refractivity contribution in [2.45, 2.75) is 51.4 Å². The summed E-state index contributed by atoms with van der Waals surface area (Å²) in [5.74, 6) is 6.82. The van der Waals surface area contributed by atoms with Crippen molar-refractivity contribution in [1.82, 2.24) is 5.32 Å². The van der Waals surface area contributed by atoms with Crippen molar-refractivity contribution in [3.05, 3.63) is 0 Å². The van der Waals surface area contributed by atoms with Gasteiger partial charge >= 0.3 is 0 Å². The van der Waals surface area contributed by atoms with E-state index in [4.69, 9.17) is 0 Å². The second-order valence-electron chi connectivity index (χ2n) is 7.45. The third kappa shape index (κ3) is 1.85. The van der Waals surface area contributed by atoms with E-state index in [1.165, 1.54) is 32.4 Å². The van der Waals surface area contributed by atoms with Crippen LogP contribution in [0.1, 0.15) is 51.4 Å². The summed E-state index contributed by atoms with van der Waals surface area (Å²) in [6.07, 6.45) is 12.5. The summed E-state index contributed by atoms with van der Waals surface area (Å²) >= 11 is 0. The van der Waals surface area contributed by atoms with E-state index in [0.717, 1.165) is 35.5 Å². The van der Waals surface area contributed by atoms with Gasteiger partial charge in [0, 0.05) is 0 Å². The van der Waals surface area contributed by atoms with Gasteiger partial charge in [0.1, 0.15) is 0 Å². The van der Waals surface area contributed by atoms with Crippen LogP contribution in [0.15, 0.2) is 0 Å². The largest absolute Gasteiger partial charge is 0.317 e. The molecule has 1 nitrogen and oxygen atoms in total. The summed E-state index contributed by atoms with van der Waals surface area (Å²) in [6.45, 7) is 2.58. The van der Waals surface area contributed by atoms with E-state index in [1.54, 1.807) is 32.1 Å². The Morgan fingerprint density at radius 1 is 0.647 bits per heavy atom. The van der Waals surface area contributed by atoms with Gasteiger partial charge in [0.2, 0.25) is 0 Å². The van der Waals surface area contributed by atoms with Crippen molar-refractivity contribution in [3.8, 4) is 0 Å². The van der Waals surface area contributed by atoms with Crippen LogP contribution in [0.4, 0.5) is 0 Å². The molecule has 1 N–H and O–H groups in total. The molecule has 4 bridgehead atoms. The third-order valence-electron chi connectivity index (χ3n) is 6.46. The minimum atomic E-state index is 1.08. The molecule has 0 spiro atoms. The van der Waals surface area contributed by atoms with E-state index < -0.39 is 0 Å². The molecular weight excluding hydrogens is 206 g/mol. The molecule has 1 aliphatic heterocycles. The lowest BCUT2D eigenvalue weighted by Gasteiger charge is -2.56. The summed E-state index contributed by atoms with van der Waals surface area (Å²) in [5.41, 5.74) is 0. The Bertz CT molecular complexity index is 249. The summed E-state index contributed by atoms with van der Waals surface area (Å²) in [6, 6.07) is 0. The van der Waals surface area contributed by atoms with Crippen LogP contribution < -0.4 is 5.32 Å². The van der Waals surface area contributed by atoms with Gasteiger partial charge in [-0.15, -0.1) is 0 Å². The van der Waals surface area contributed by atoms with E-state index in [0.29, 0.717) is 0 Å². The maximum atomic E-state index is 3.60. The van der Waals surface area contributed by atoms with Gasteiger partial charge in [-0.1, -0.05) is 0 Å². The molecule has 17 heavy (non-hydrogen) atoms. The second-order valence-corrected chi connectivity index (χ2v) is 7.45. The maximum absolute atomic E-state index is 3.60. The SMILES string of the molecule is C1CNCCC(C2C3CC4CC(C3)CC2C4)C1. The molecule has 1 heteroatoms. The molecule has 4 aliphatic carbocycles. The Balaban J connectivity index is 1.53. The normalized spacial score (nSPS) is 53.6. The van der Waals surface area contributed by atoms with E-state index in [1.807, 2.05) is 0 Å². The lowest BCUT2D eigenvalue weighted by molar-refractivity contribution is -0.0636. The minimum Gasteiger partial charge on any atom is -0.317 e. The van der Waals surface area contributed by atoms with E-state index in [9.17, 15) is 0 Å². The highest BCUT2D eigenvalue weighted by atomic mass is 14.9. The Labute approximate surface area is 106 Å². The Morgan fingerprint density at radius 3 is 2.06 bits per heavy atom. The Kier molecular flexibility index (Phi) is 2.72. The molecule has 1 saturated heterocycles. The first-order chi connectivity index (χ1) is 8.40. The number of rotatable bonds is 1. The molecule has 5 fully saturated rings. The van der Waals surface area contributed by atoms with Crippen molar-refractivity contribution in [1.29, 1.82) is 0 Å². The monoisotopic (exact) mass is 233 g/mol. The molecule has 5 rings (SSSR count). The fourth-order valence-corrected chi connectivity index (χ4v) is 6.17. The van der Waals surface area contributed by atoms with Gasteiger partial charge in [0.25, 0.3) is 0 Å². The predicted molar refractivity (Wildman–Crippen MR) is 70.7 cm³/mol. The molecule has 0 radical (unpaired) electrons. The van der Waals surface area contributed by atoms with Crippen LogP contribution in [0.5, 0.6) is 0 Å². The predicted octanol–water partition coefficient (Wildman–Crippen LogP) is 3.45. The standard InChI is InChI=1S/C16H27N/c1-2-13(3-5-17-4-1)16-14-7-11-6-12(9-14)10-15(16)8-11/h11-17H,1-10H2. The van der Waals surface area contributed by atoms with Crippen molar-refractivity contribution < 1.29 is 0 Å². The molecule has 0 aromatic carbocycles. The number of hydrogen-bond donors (Lipinski definition) is 1. The minimum absolute atomic E-state index is 1.08. The molecule has 5 aliphatic rings. The maximum Gasteiger partial charge on any atom is -0.00462 e. The van der Waals surface area contributed by atoms with Crippen LogP contribution >= 0.6 is 0 Å². The molecule has 4 saturated carbocycles. The van der Waals surface area contributed by atoms with Gasteiger partial charge in [-0.05, 0) is 100.0 Å². The molecular formula is C16H27N. The molecule has 0 amide bonds. The third-order valence-corrected chi connectivity index (χ3v) is 6.46. The fourth-order valence-electron chi connectivity index (χ4n) is 6.17.